The molecule has 10 nitrogen and oxygen atoms in total. The summed E-state index contributed by atoms with van der Waals surface area (Å²) in [4.78, 5) is 0. The van der Waals surface area contributed by atoms with Gasteiger partial charge in [-0.25, -0.2) is 0 Å². The van der Waals surface area contributed by atoms with Gasteiger partial charge >= 0.3 is 22.5 Å². The predicted molar refractivity (Wildman–Crippen MR) is 194 cm³/mol. The molecule has 2 aromatic rings. The number of benzene rings is 2. The van der Waals surface area contributed by atoms with Crippen LogP contribution in [0.4, 0.5) is 26.3 Å². The van der Waals surface area contributed by atoms with Crippen molar-refractivity contribution in [1.82, 2.24) is 0 Å². The van der Waals surface area contributed by atoms with E-state index in [9.17, 15) is 43.9 Å². The fourth-order valence-corrected chi connectivity index (χ4v) is 6.46. The van der Waals surface area contributed by atoms with Crippen LogP contribution in [0.3, 0.4) is 0 Å². The monoisotopic (exact) mass is 804 g/mol. The Hall–Kier alpha value is -3.22. The minimum Gasteiger partial charge on any atom is -0.493 e. The Kier molecular flexibility index (Phi) is 19.8. The van der Waals surface area contributed by atoms with Crippen LogP contribution in [-0.2, 0) is 18.7 Å². The first kappa shape index (κ1) is 45.9. The average molecular weight is 805 g/mol. The molecule has 0 atom stereocenters. The minimum atomic E-state index is -5.00. The Morgan fingerprint density at radius 3 is 1.36 bits per heavy atom. The lowest BCUT2D eigenvalue weighted by Gasteiger charge is -2.23. The molecule has 0 heterocycles. The van der Waals surface area contributed by atoms with Crippen LogP contribution < -0.4 is 9.47 Å². The zero-order valence-corrected chi connectivity index (χ0v) is 31.6. The summed E-state index contributed by atoms with van der Waals surface area (Å²) < 4.78 is 146. The molecule has 0 aliphatic heterocycles. The molecule has 2 rings (SSSR count). The van der Waals surface area contributed by atoms with Crippen molar-refractivity contribution in [2.24, 2.45) is 10.3 Å². The molecule has 0 unspecified atom stereocenters. The summed E-state index contributed by atoms with van der Waals surface area (Å²) in [6.07, 6.45) is 0.0136. The number of nitrogens with zero attached hydrogens (tertiary/aromatic N) is 2. The number of unbranched alkanes of at least 4 members (excludes halogenated alkanes) is 10. The van der Waals surface area contributed by atoms with E-state index in [-0.39, 0.29) is 42.4 Å². The van der Waals surface area contributed by atoms with E-state index in [0.29, 0.717) is 25.7 Å². The molecule has 2 aromatic carbocycles. The van der Waals surface area contributed by atoms with Crippen molar-refractivity contribution in [1.29, 1.82) is 0 Å². The van der Waals surface area contributed by atoms with E-state index in [2.05, 4.69) is 25.8 Å². The molecule has 0 aliphatic rings. The molecule has 0 radical (unpaired) electrons. The van der Waals surface area contributed by atoms with Crippen molar-refractivity contribution < 1.29 is 61.9 Å². The maximum atomic E-state index is 13.7. The number of rotatable bonds is 26. The topological polar surface area (TPSA) is 136 Å². The first-order chi connectivity index (χ1) is 25.0. The van der Waals surface area contributed by atoms with E-state index in [1.165, 1.54) is 24.3 Å². The second kappa shape index (κ2) is 22.9. The van der Waals surface area contributed by atoms with E-state index in [4.69, 9.17) is 9.47 Å². The second-order valence-electron chi connectivity index (χ2n) is 12.2. The van der Waals surface area contributed by atoms with Crippen molar-refractivity contribution in [3.8, 4) is 11.5 Å². The van der Waals surface area contributed by atoms with Gasteiger partial charge in [0.25, 0.3) is 0 Å². The molecule has 302 valence electrons. The standard InChI is InChI=1S/C35H50F6N2O8S2/c1-3-5-7-9-11-13-26-52(44,45)50-42-32(34(36,37)38)28-16-20-30(21-17-28)48-24-15-25-49-31-22-18-29(19-23-31)33(35(39,40)41)43-51-53(46,47)27-14-12-10-8-6-4-2/h16-23,44-45H,3-15,24-27H2,1-2H3/b42-32-,43-33-. The van der Waals surface area contributed by atoms with Gasteiger partial charge in [-0.1, -0.05) is 88.4 Å². The molecule has 53 heavy (non-hydrogen) atoms. The highest BCUT2D eigenvalue weighted by Gasteiger charge is 2.39. The van der Waals surface area contributed by atoms with E-state index in [0.717, 1.165) is 75.6 Å². The Morgan fingerprint density at radius 1 is 0.566 bits per heavy atom. The zero-order chi connectivity index (χ0) is 39.4. The van der Waals surface area contributed by atoms with E-state index < -0.39 is 56.1 Å². The van der Waals surface area contributed by atoms with Crippen molar-refractivity contribution in [2.75, 3.05) is 24.7 Å². The van der Waals surface area contributed by atoms with Crippen LogP contribution in [0.1, 0.15) is 108 Å². The third-order valence-corrected chi connectivity index (χ3v) is 9.84. The Bertz CT molecular complexity index is 1500. The van der Waals surface area contributed by atoms with Gasteiger partial charge in [0.15, 0.2) is 22.3 Å². The number of ether oxygens (including phenoxy) is 2. The molecule has 0 aromatic heterocycles. The molecule has 2 N–H and O–H groups in total. The average Bonchev–Trinajstić information content (AvgIpc) is 3.08. The third kappa shape index (κ3) is 19.1. The first-order valence-corrected chi connectivity index (χ1v) is 20.8. The van der Waals surface area contributed by atoms with Gasteiger partial charge in [0.05, 0.1) is 24.7 Å². The smallest absolute Gasteiger partial charge is 0.437 e. The van der Waals surface area contributed by atoms with E-state index in [1.54, 1.807) is 0 Å². The summed E-state index contributed by atoms with van der Waals surface area (Å²) in [5, 5.41) is 5.99. The van der Waals surface area contributed by atoms with Crippen molar-refractivity contribution in [3.05, 3.63) is 59.7 Å². The van der Waals surface area contributed by atoms with Crippen LogP contribution in [0.2, 0.25) is 0 Å². The number of oxime groups is 2. The van der Waals surface area contributed by atoms with Crippen molar-refractivity contribution in [2.45, 2.75) is 110 Å². The largest absolute Gasteiger partial charge is 0.493 e. The lowest BCUT2D eigenvalue weighted by atomic mass is 10.1. The molecular weight excluding hydrogens is 755 g/mol. The zero-order valence-electron chi connectivity index (χ0n) is 30.0. The molecule has 0 bridgehead atoms. The van der Waals surface area contributed by atoms with E-state index in [1.807, 2.05) is 6.92 Å². The summed E-state index contributed by atoms with van der Waals surface area (Å²) in [6.45, 7) is 4.25. The number of halogens is 6. The van der Waals surface area contributed by atoms with Crippen LogP contribution in [0.5, 0.6) is 11.5 Å². The summed E-state index contributed by atoms with van der Waals surface area (Å²) in [7, 11) is -8.11. The molecule has 0 saturated heterocycles. The lowest BCUT2D eigenvalue weighted by Crippen LogP contribution is -2.25. The summed E-state index contributed by atoms with van der Waals surface area (Å²) in [5.74, 6) is -0.243. The molecule has 18 heteroatoms. The fraction of sp³-hybridized carbons (Fsp3) is 0.600. The van der Waals surface area contributed by atoms with Crippen LogP contribution in [0, 0.1) is 0 Å². The molecular formula is C35H50F6N2O8S2. The van der Waals surface area contributed by atoms with Crippen LogP contribution in [-0.4, -0.2) is 66.0 Å². The molecule has 0 aliphatic carbocycles. The maximum absolute atomic E-state index is 13.7. The predicted octanol–water partition coefficient (Wildman–Crippen LogP) is 10.8. The Morgan fingerprint density at radius 2 is 0.943 bits per heavy atom. The normalized spacial score (nSPS) is 13.5. The summed E-state index contributed by atoms with van der Waals surface area (Å²) in [5.41, 5.74) is -3.78. The van der Waals surface area contributed by atoms with Gasteiger partial charge in [-0.15, -0.1) is 0 Å². The van der Waals surface area contributed by atoms with Gasteiger partial charge < -0.3 is 9.47 Å². The molecule has 0 spiro atoms. The van der Waals surface area contributed by atoms with Crippen LogP contribution >= 0.6 is 10.9 Å². The number of alkyl halides is 6. The first-order valence-electron chi connectivity index (χ1n) is 17.6. The molecule has 0 fully saturated rings. The highest BCUT2D eigenvalue weighted by molar-refractivity contribution is 8.20. The SMILES string of the molecule is CCCCCCCCS(O)(O)O/N=C(/c1ccc(OCCCOc2ccc(/C(=N/OS(=O)(=O)CCCCCCCC)C(F)(F)F)cc2)cc1)C(F)(F)F. The van der Waals surface area contributed by atoms with Gasteiger partial charge in [0.1, 0.15) is 11.5 Å². The minimum absolute atomic E-state index is 0.0742. The van der Waals surface area contributed by atoms with Gasteiger partial charge in [-0.05, 0) is 61.4 Å². The highest BCUT2D eigenvalue weighted by atomic mass is 32.3. The quantitative estimate of drug-likeness (QED) is 0.0415. The van der Waals surface area contributed by atoms with Gasteiger partial charge in [0, 0.05) is 17.5 Å². The molecule has 0 amide bonds. The Balaban J connectivity index is 1.87. The van der Waals surface area contributed by atoms with Crippen molar-refractivity contribution in [3.63, 3.8) is 0 Å². The Labute approximate surface area is 309 Å². The van der Waals surface area contributed by atoms with E-state index >= 15 is 0 Å². The highest BCUT2D eigenvalue weighted by Crippen LogP contribution is 2.42. The van der Waals surface area contributed by atoms with Gasteiger partial charge in [-0.2, -0.15) is 34.8 Å². The summed E-state index contributed by atoms with van der Waals surface area (Å²) >= 11 is 0. The summed E-state index contributed by atoms with van der Waals surface area (Å²) in [6, 6.07) is 9.35. The fourth-order valence-electron chi connectivity index (χ4n) is 4.79. The third-order valence-electron chi connectivity index (χ3n) is 7.62. The van der Waals surface area contributed by atoms with Gasteiger partial charge in [0.2, 0.25) is 0 Å². The van der Waals surface area contributed by atoms with Crippen LogP contribution in [0.25, 0.3) is 0 Å². The second-order valence-corrected chi connectivity index (χ2v) is 15.7. The number of hydrogen-bond acceptors (Lipinski definition) is 10. The maximum Gasteiger partial charge on any atom is 0.437 e. The van der Waals surface area contributed by atoms with Gasteiger partial charge in [-0.3, -0.25) is 17.7 Å². The van der Waals surface area contributed by atoms with Crippen LogP contribution in [0.15, 0.2) is 58.8 Å². The van der Waals surface area contributed by atoms with Crippen molar-refractivity contribution >= 4 is 32.4 Å². The lowest BCUT2D eigenvalue weighted by molar-refractivity contribution is -0.0607. The number of hydrogen-bond donors (Lipinski definition) is 2. The molecule has 0 saturated carbocycles.